The summed E-state index contributed by atoms with van der Waals surface area (Å²) in [5, 5.41) is 3.80. The molecule has 33 heavy (non-hydrogen) atoms. The lowest BCUT2D eigenvalue weighted by Gasteiger charge is -2.20. The van der Waals surface area contributed by atoms with Gasteiger partial charge in [-0.15, -0.1) is 0 Å². The number of amides is 1. The van der Waals surface area contributed by atoms with Crippen molar-refractivity contribution in [3.05, 3.63) is 93.9 Å². The van der Waals surface area contributed by atoms with E-state index in [-0.39, 0.29) is 35.3 Å². The first kappa shape index (κ1) is 23.3. The maximum atomic E-state index is 12.8. The summed E-state index contributed by atoms with van der Waals surface area (Å²) in [6, 6.07) is 22.3. The van der Waals surface area contributed by atoms with Crippen molar-refractivity contribution in [1.82, 2.24) is 14.9 Å². The molecule has 2 aromatic carbocycles. The van der Waals surface area contributed by atoms with Gasteiger partial charge >= 0.3 is 0 Å². The van der Waals surface area contributed by atoms with Crippen molar-refractivity contribution in [2.24, 2.45) is 0 Å². The second-order valence-corrected chi connectivity index (χ2v) is 10.6. The van der Waals surface area contributed by atoms with E-state index in [1.54, 1.807) is 22.4 Å². The summed E-state index contributed by atoms with van der Waals surface area (Å²) in [5.74, 6) is 0.887. The molecule has 1 aromatic heterocycles. The van der Waals surface area contributed by atoms with Crippen LogP contribution in [-0.2, 0) is 10.2 Å². The number of fused-ring (bicyclic) bond motifs is 1. The van der Waals surface area contributed by atoms with E-state index < -0.39 is 0 Å². The lowest BCUT2D eigenvalue weighted by molar-refractivity contribution is -0.121. The quantitative estimate of drug-likeness (QED) is 0.508. The van der Waals surface area contributed by atoms with E-state index in [0.29, 0.717) is 12.3 Å². The summed E-state index contributed by atoms with van der Waals surface area (Å²) in [7, 11) is 0. The van der Waals surface area contributed by atoms with Crippen molar-refractivity contribution in [3.63, 3.8) is 0 Å². The van der Waals surface area contributed by atoms with Gasteiger partial charge in [-0.25, -0.2) is 4.98 Å². The Bertz CT molecular complexity index is 1110. The number of nitrogens with zero attached hydrogens (tertiary/aromatic N) is 2. The van der Waals surface area contributed by atoms with Crippen molar-refractivity contribution >= 4 is 17.7 Å². The lowest BCUT2D eigenvalue weighted by Crippen LogP contribution is -2.32. The highest BCUT2D eigenvalue weighted by molar-refractivity contribution is 7.99. The number of hydrogen-bond acceptors (Lipinski definition) is 4. The van der Waals surface area contributed by atoms with Crippen LogP contribution in [0.25, 0.3) is 0 Å². The highest BCUT2D eigenvalue weighted by Gasteiger charge is 2.29. The van der Waals surface area contributed by atoms with Gasteiger partial charge in [0.2, 0.25) is 5.91 Å². The van der Waals surface area contributed by atoms with E-state index in [2.05, 4.69) is 79.6 Å². The zero-order chi connectivity index (χ0) is 23.4. The van der Waals surface area contributed by atoms with E-state index in [1.165, 1.54) is 11.1 Å². The number of nitrogens with one attached hydrogen (secondary N) is 1. The van der Waals surface area contributed by atoms with Gasteiger partial charge in [0.15, 0.2) is 5.16 Å². The van der Waals surface area contributed by atoms with Crippen molar-refractivity contribution in [1.29, 1.82) is 0 Å². The van der Waals surface area contributed by atoms with Gasteiger partial charge in [0.25, 0.3) is 5.56 Å². The summed E-state index contributed by atoms with van der Waals surface area (Å²) in [5.41, 5.74) is 3.03. The molecule has 0 spiro atoms. The fraction of sp³-hybridized carbons (Fsp3) is 0.370. The Morgan fingerprint density at radius 3 is 2.27 bits per heavy atom. The number of rotatable bonds is 7. The second-order valence-electron chi connectivity index (χ2n) is 9.56. The van der Waals surface area contributed by atoms with E-state index in [9.17, 15) is 9.59 Å². The molecule has 1 amide bonds. The fourth-order valence-electron chi connectivity index (χ4n) is 4.23. The van der Waals surface area contributed by atoms with Crippen LogP contribution in [0, 0.1) is 0 Å². The van der Waals surface area contributed by atoms with Gasteiger partial charge in [0, 0.05) is 36.1 Å². The summed E-state index contributed by atoms with van der Waals surface area (Å²) in [6.07, 6.45) is 1.10. The Morgan fingerprint density at radius 1 is 1.09 bits per heavy atom. The standard InChI is InChI=1S/C27H31N3O2S/c1-27(2,3)23-17-25(32)30-21(18-33-26(30)29-23)16-24(31)28-15-14-22(19-10-6-4-7-11-19)20-12-8-5-9-13-20/h4-13,17,21-22H,14-16,18H2,1-3H3,(H,28,31). The zero-order valence-electron chi connectivity index (χ0n) is 19.5. The van der Waals surface area contributed by atoms with Crippen molar-refractivity contribution in [2.75, 3.05) is 12.3 Å². The summed E-state index contributed by atoms with van der Waals surface area (Å²) in [6.45, 7) is 6.73. The lowest BCUT2D eigenvalue weighted by atomic mass is 9.88. The Hall–Kier alpha value is -2.86. The van der Waals surface area contributed by atoms with Gasteiger partial charge in [-0.3, -0.25) is 14.2 Å². The van der Waals surface area contributed by atoms with Gasteiger partial charge in [-0.1, -0.05) is 93.2 Å². The van der Waals surface area contributed by atoms with Gasteiger partial charge in [-0.05, 0) is 17.5 Å². The van der Waals surface area contributed by atoms with Crippen LogP contribution in [0.4, 0.5) is 0 Å². The minimum Gasteiger partial charge on any atom is -0.356 e. The van der Waals surface area contributed by atoms with Crippen LogP contribution in [0.2, 0.25) is 0 Å². The molecule has 0 saturated carbocycles. The van der Waals surface area contributed by atoms with Crippen LogP contribution in [-0.4, -0.2) is 27.8 Å². The molecule has 1 aliphatic rings. The molecule has 2 heterocycles. The SMILES string of the molecule is CC(C)(C)c1cc(=O)n2c(n1)SCC2CC(=O)NCCC(c1ccccc1)c1ccccc1. The van der Waals surface area contributed by atoms with Gasteiger partial charge in [-0.2, -0.15) is 0 Å². The third-order valence-corrected chi connectivity index (χ3v) is 7.14. The summed E-state index contributed by atoms with van der Waals surface area (Å²) in [4.78, 5) is 30.2. The molecule has 0 saturated heterocycles. The maximum Gasteiger partial charge on any atom is 0.254 e. The number of hydrogen-bond donors (Lipinski definition) is 1. The van der Waals surface area contributed by atoms with Crippen LogP contribution in [0.5, 0.6) is 0 Å². The normalized spacial score (nSPS) is 15.5. The third kappa shape index (κ3) is 5.56. The second kappa shape index (κ2) is 9.96. The molecule has 0 aliphatic carbocycles. The number of aromatic nitrogens is 2. The zero-order valence-corrected chi connectivity index (χ0v) is 20.3. The largest absolute Gasteiger partial charge is 0.356 e. The highest BCUT2D eigenvalue weighted by atomic mass is 32.2. The van der Waals surface area contributed by atoms with Gasteiger partial charge < -0.3 is 5.32 Å². The molecule has 5 nitrogen and oxygen atoms in total. The monoisotopic (exact) mass is 461 g/mol. The Labute approximate surface area is 199 Å². The Morgan fingerprint density at radius 2 is 1.70 bits per heavy atom. The van der Waals surface area contributed by atoms with Crippen LogP contribution in [0.1, 0.15) is 62.4 Å². The summed E-state index contributed by atoms with van der Waals surface area (Å²) >= 11 is 1.56. The van der Waals surface area contributed by atoms with Crippen LogP contribution in [0.15, 0.2) is 76.7 Å². The summed E-state index contributed by atoms with van der Waals surface area (Å²) < 4.78 is 1.69. The fourth-order valence-corrected chi connectivity index (χ4v) is 5.38. The average Bonchev–Trinajstić information content (AvgIpc) is 3.20. The van der Waals surface area contributed by atoms with Crippen LogP contribution in [0.3, 0.4) is 0 Å². The Balaban J connectivity index is 1.39. The molecule has 1 unspecified atom stereocenters. The predicted octanol–water partition coefficient (Wildman–Crippen LogP) is 4.92. The van der Waals surface area contributed by atoms with Gasteiger partial charge in [0.1, 0.15) is 0 Å². The molecule has 6 heteroatoms. The smallest absolute Gasteiger partial charge is 0.254 e. The van der Waals surface area contributed by atoms with E-state index in [0.717, 1.165) is 17.3 Å². The van der Waals surface area contributed by atoms with E-state index in [1.807, 2.05) is 12.1 Å². The third-order valence-electron chi connectivity index (χ3n) is 6.04. The van der Waals surface area contributed by atoms with Crippen molar-refractivity contribution < 1.29 is 4.79 Å². The molecule has 1 aliphatic heterocycles. The van der Waals surface area contributed by atoms with Crippen molar-refractivity contribution in [3.8, 4) is 0 Å². The van der Waals surface area contributed by atoms with Crippen molar-refractivity contribution in [2.45, 2.75) is 56.1 Å². The molecule has 172 valence electrons. The number of carbonyl (C=O) groups excluding carboxylic acids is 1. The minimum atomic E-state index is -0.182. The molecule has 0 radical (unpaired) electrons. The first-order valence-corrected chi connectivity index (χ1v) is 12.4. The maximum absolute atomic E-state index is 12.8. The number of thioether (sulfide) groups is 1. The molecule has 0 fully saturated rings. The molecular formula is C27H31N3O2S. The highest BCUT2D eigenvalue weighted by Crippen LogP contribution is 2.33. The Kier molecular flexibility index (Phi) is 7.03. The topological polar surface area (TPSA) is 64.0 Å². The first-order valence-electron chi connectivity index (χ1n) is 11.5. The van der Waals surface area contributed by atoms with Crippen LogP contribution < -0.4 is 10.9 Å². The van der Waals surface area contributed by atoms with E-state index >= 15 is 0 Å². The van der Waals surface area contributed by atoms with Gasteiger partial charge in [0.05, 0.1) is 11.7 Å². The molecule has 1 N–H and O–H groups in total. The molecule has 1 atom stereocenters. The number of benzene rings is 2. The predicted molar refractivity (Wildman–Crippen MR) is 134 cm³/mol. The minimum absolute atomic E-state index is 0.0277. The first-order chi connectivity index (χ1) is 15.8. The molecular weight excluding hydrogens is 430 g/mol. The van der Waals surface area contributed by atoms with Crippen LogP contribution >= 0.6 is 11.8 Å². The average molecular weight is 462 g/mol. The van der Waals surface area contributed by atoms with E-state index in [4.69, 9.17) is 0 Å². The number of carbonyl (C=O) groups is 1. The molecule has 3 aromatic rings. The molecule has 4 rings (SSSR count). The molecule has 0 bridgehead atoms.